The SMILES string of the molecule is CSCCC(NC(=O)c1ccc(C(C)(C)C)cc1)C(=O)Nc1ccc(C)cc1O. The van der Waals surface area contributed by atoms with Crippen LogP contribution in [0.25, 0.3) is 0 Å². The second-order valence-electron chi connectivity index (χ2n) is 8.14. The summed E-state index contributed by atoms with van der Waals surface area (Å²) in [5.74, 6) is 0.0880. The van der Waals surface area contributed by atoms with E-state index in [9.17, 15) is 14.7 Å². The van der Waals surface area contributed by atoms with Crippen LogP contribution in [0.5, 0.6) is 5.75 Å². The molecule has 1 unspecified atom stereocenters. The van der Waals surface area contributed by atoms with Crippen LogP contribution >= 0.6 is 11.8 Å². The first kappa shape index (κ1) is 22.8. The Bertz CT molecular complexity index is 857. The van der Waals surface area contributed by atoms with Gasteiger partial charge in [-0.05, 0) is 66.2 Å². The van der Waals surface area contributed by atoms with Crippen LogP contribution in [0.3, 0.4) is 0 Å². The lowest BCUT2D eigenvalue weighted by Crippen LogP contribution is -2.44. The van der Waals surface area contributed by atoms with Gasteiger partial charge in [0.15, 0.2) is 0 Å². The molecule has 0 aromatic heterocycles. The van der Waals surface area contributed by atoms with Crippen molar-refractivity contribution in [3.63, 3.8) is 0 Å². The van der Waals surface area contributed by atoms with Crippen LogP contribution in [0.4, 0.5) is 5.69 Å². The fourth-order valence-corrected chi connectivity index (χ4v) is 3.31. The van der Waals surface area contributed by atoms with Crippen LogP contribution in [0.2, 0.25) is 0 Å². The quantitative estimate of drug-likeness (QED) is 0.584. The molecule has 2 rings (SSSR count). The van der Waals surface area contributed by atoms with Crippen molar-refractivity contribution in [1.82, 2.24) is 5.32 Å². The van der Waals surface area contributed by atoms with Gasteiger partial charge < -0.3 is 15.7 Å². The van der Waals surface area contributed by atoms with Crippen LogP contribution in [0.15, 0.2) is 42.5 Å². The van der Waals surface area contributed by atoms with Gasteiger partial charge in [-0.25, -0.2) is 0 Å². The Balaban J connectivity index is 2.12. The van der Waals surface area contributed by atoms with Crippen LogP contribution in [0, 0.1) is 6.92 Å². The number of amides is 2. The molecule has 3 N–H and O–H groups in total. The van der Waals surface area contributed by atoms with Crippen molar-refractivity contribution < 1.29 is 14.7 Å². The minimum Gasteiger partial charge on any atom is -0.506 e. The van der Waals surface area contributed by atoms with E-state index in [0.717, 1.165) is 16.9 Å². The predicted molar refractivity (Wildman–Crippen MR) is 121 cm³/mol. The van der Waals surface area contributed by atoms with Gasteiger partial charge in [-0.15, -0.1) is 0 Å². The summed E-state index contributed by atoms with van der Waals surface area (Å²) in [5.41, 5.74) is 2.88. The van der Waals surface area contributed by atoms with Gasteiger partial charge in [0.05, 0.1) is 5.69 Å². The maximum Gasteiger partial charge on any atom is 0.251 e. The Hall–Kier alpha value is -2.47. The summed E-state index contributed by atoms with van der Waals surface area (Å²) in [6, 6.07) is 11.8. The van der Waals surface area contributed by atoms with Crippen molar-refractivity contribution in [2.45, 2.75) is 45.6 Å². The van der Waals surface area contributed by atoms with E-state index in [2.05, 4.69) is 31.4 Å². The van der Waals surface area contributed by atoms with E-state index < -0.39 is 6.04 Å². The lowest BCUT2D eigenvalue weighted by Gasteiger charge is -2.20. The monoisotopic (exact) mass is 414 g/mol. The van der Waals surface area contributed by atoms with Crippen LogP contribution < -0.4 is 10.6 Å². The predicted octanol–water partition coefficient (Wildman–Crippen LogP) is 4.49. The molecule has 6 heteroatoms. The smallest absolute Gasteiger partial charge is 0.251 e. The summed E-state index contributed by atoms with van der Waals surface area (Å²) in [5, 5.41) is 15.6. The van der Waals surface area contributed by atoms with Crippen molar-refractivity contribution in [2.24, 2.45) is 0 Å². The zero-order valence-electron chi connectivity index (χ0n) is 17.7. The summed E-state index contributed by atoms with van der Waals surface area (Å²) >= 11 is 1.61. The summed E-state index contributed by atoms with van der Waals surface area (Å²) < 4.78 is 0. The van der Waals surface area contributed by atoms with E-state index in [-0.39, 0.29) is 23.0 Å². The third-order valence-electron chi connectivity index (χ3n) is 4.66. The third kappa shape index (κ3) is 6.53. The molecular weight excluding hydrogens is 384 g/mol. The lowest BCUT2D eigenvalue weighted by atomic mass is 9.86. The van der Waals surface area contributed by atoms with Crippen LogP contribution in [-0.2, 0) is 10.2 Å². The van der Waals surface area contributed by atoms with E-state index in [1.54, 1.807) is 36.0 Å². The Morgan fingerprint density at radius 1 is 1.10 bits per heavy atom. The highest BCUT2D eigenvalue weighted by Gasteiger charge is 2.22. The molecule has 0 saturated carbocycles. The molecule has 0 bridgehead atoms. The number of hydrogen-bond acceptors (Lipinski definition) is 4. The van der Waals surface area contributed by atoms with Crippen molar-refractivity contribution in [2.75, 3.05) is 17.3 Å². The Labute approximate surface area is 177 Å². The molecule has 0 heterocycles. The molecule has 5 nitrogen and oxygen atoms in total. The molecule has 156 valence electrons. The number of hydrogen-bond donors (Lipinski definition) is 3. The molecule has 0 aliphatic heterocycles. The molecule has 0 saturated heterocycles. The number of rotatable bonds is 7. The molecule has 1 atom stereocenters. The van der Waals surface area contributed by atoms with E-state index >= 15 is 0 Å². The summed E-state index contributed by atoms with van der Waals surface area (Å²) in [6.45, 7) is 8.21. The fraction of sp³-hybridized carbons (Fsp3) is 0.391. The van der Waals surface area contributed by atoms with Crippen LogP contribution in [0.1, 0.15) is 48.7 Å². The van der Waals surface area contributed by atoms with Crippen molar-refractivity contribution in [1.29, 1.82) is 0 Å². The van der Waals surface area contributed by atoms with Gasteiger partial charge >= 0.3 is 0 Å². The zero-order valence-corrected chi connectivity index (χ0v) is 18.5. The van der Waals surface area contributed by atoms with Gasteiger partial charge in [0.25, 0.3) is 5.91 Å². The number of nitrogens with one attached hydrogen (secondary N) is 2. The average molecular weight is 415 g/mol. The molecule has 29 heavy (non-hydrogen) atoms. The normalized spacial score (nSPS) is 12.3. The molecule has 0 radical (unpaired) electrons. The van der Waals surface area contributed by atoms with E-state index in [1.807, 2.05) is 31.4 Å². The number of thioether (sulfide) groups is 1. The molecule has 2 aromatic rings. The van der Waals surface area contributed by atoms with E-state index in [1.165, 1.54) is 0 Å². The number of carbonyl (C=O) groups excluding carboxylic acids is 2. The Morgan fingerprint density at radius 3 is 2.31 bits per heavy atom. The second kappa shape index (κ2) is 9.83. The first-order chi connectivity index (χ1) is 13.6. The molecule has 2 amide bonds. The average Bonchev–Trinajstić information content (AvgIpc) is 2.66. The van der Waals surface area contributed by atoms with Crippen molar-refractivity contribution >= 4 is 29.3 Å². The van der Waals surface area contributed by atoms with E-state index in [0.29, 0.717) is 17.7 Å². The summed E-state index contributed by atoms with van der Waals surface area (Å²) in [6.07, 6.45) is 2.44. The molecule has 0 spiro atoms. The lowest BCUT2D eigenvalue weighted by molar-refractivity contribution is -0.118. The van der Waals surface area contributed by atoms with Crippen molar-refractivity contribution in [3.8, 4) is 5.75 Å². The molecule has 2 aromatic carbocycles. The number of carbonyl (C=O) groups is 2. The number of aromatic hydroxyl groups is 1. The first-order valence-corrected chi connectivity index (χ1v) is 11.0. The number of benzene rings is 2. The standard InChI is InChI=1S/C23H30N2O3S/c1-15-6-11-18(20(26)14-15)24-22(28)19(12-13-29-5)25-21(27)16-7-9-17(10-8-16)23(2,3)4/h6-11,14,19,26H,12-13H2,1-5H3,(H,24,28)(H,25,27). The maximum absolute atomic E-state index is 12.8. The second-order valence-corrected chi connectivity index (χ2v) is 9.13. The van der Waals surface area contributed by atoms with Gasteiger partial charge in [-0.1, -0.05) is 39.0 Å². The van der Waals surface area contributed by atoms with Crippen LogP contribution in [-0.4, -0.2) is 35.0 Å². The Kier molecular flexibility index (Phi) is 7.73. The minimum absolute atomic E-state index is 0.00561. The summed E-state index contributed by atoms with van der Waals surface area (Å²) in [4.78, 5) is 25.5. The maximum atomic E-state index is 12.8. The van der Waals surface area contributed by atoms with Gasteiger partial charge in [0.1, 0.15) is 11.8 Å². The first-order valence-electron chi connectivity index (χ1n) is 9.62. The highest BCUT2D eigenvalue weighted by Crippen LogP contribution is 2.24. The fourth-order valence-electron chi connectivity index (χ4n) is 2.83. The molecular formula is C23H30N2O3S. The Morgan fingerprint density at radius 2 is 1.76 bits per heavy atom. The molecule has 0 aliphatic rings. The number of anilines is 1. The van der Waals surface area contributed by atoms with Gasteiger partial charge in [-0.3, -0.25) is 9.59 Å². The van der Waals surface area contributed by atoms with Crippen molar-refractivity contribution in [3.05, 3.63) is 59.2 Å². The number of phenolic OH excluding ortho intramolecular Hbond substituents is 1. The minimum atomic E-state index is -0.696. The van der Waals surface area contributed by atoms with E-state index in [4.69, 9.17) is 0 Å². The topological polar surface area (TPSA) is 78.4 Å². The number of phenols is 1. The largest absolute Gasteiger partial charge is 0.506 e. The third-order valence-corrected chi connectivity index (χ3v) is 5.30. The van der Waals surface area contributed by atoms with Gasteiger partial charge in [0, 0.05) is 5.56 Å². The number of aryl methyl sites for hydroxylation is 1. The molecule has 0 fully saturated rings. The van der Waals surface area contributed by atoms with Gasteiger partial charge in [0.2, 0.25) is 5.91 Å². The summed E-state index contributed by atoms with van der Waals surface area (Å²) in [7, 11) is 0. The molecule has 0 aliphatic carbocycles. The van der Waals surface area contributed by atoms with Gasteiger partial charge in [-0.2, -0.15) is 11.8 Å². The zero-order chi connectivity index (χ0) is 21.6. The highest BCUT2D eigenvalue weighted by molar-refractivity contribution is 7.98. The highest BCUT2D eigenvalue weighted by atomic mass is 32.2.